The standard InChI is InChI=1S/C16H20Cl2O2/c1-10(2)20-16-13(17)8-12(9-14(16)18)15(19)11-6-4-3-5-7-11/h8-11H,3-7H2,1-2H3. The number of rotatable bonds is 4. The molecule has 0 heterocycles. The first-order valence-corrected chi connectivity index (χ1v) is 7.94. The van der Waals surface area contributed by atoms with Crippen LogP contribution in [0.2, 0.25) is 10.0 Å². The number of ether oxygens (including phenoxy) is 1. The number of benzene rings is 1. The Bertz CT molecular complexity index is 468. The minimum absolute atomic E-state index is 0.00936. The monoisotopic (exact) mass is 314 g/mol. The van der Waals surface area contributed by atoms with Crippen molar-refractivity contribution in [1.82, 2.24) is 0 Å². The van der Waals surface area contributed by atoms with Crippen LogP contribution in [-0.2, 0) is 0 Å². The van der Waals surface area contributed by atoms with Gasteiger partial charge in [0.05, 0.1) is 16.1 Å². The number of carbonyl (C=O) groups is 1. The van der Waals surface area contributed by atoms with Crippen molar-refractivity contribution in [3.63, 3.8) is 0 Å². The topological polar surface area (TPSA) is 26.3 Å². The first kappa shape index (κ1) is 15.7. The van der Waals surface area contributed by atoms with Crippen LogP contribution in [0.5, 0.6) is 5.75 Å². The van der Waals surface area contributed by atoms with E-state index in [1.807, 2.05) is 13.8 Å². The van der Waals surface area contributed by atoms with Crippen LogP contribution in [0.4, 0.5) is 0 Å². The molecule has 2 nitrogen and oxygen atoms in total. The van der Waals surface area contributed by atoms with Gasteiger partial charge in [-0.1, -0.05) is 42.5 Å². The fourth-order valence-corrected chi connectivity index (χ4v) is 3.23. The Labute approximate surface area is 130 Å². The fraction of sp³-hybridized carbons (Fsp3) is 0.562. The van der Waals surface area contributed by atoms with E-state index in [1.165, 1.54) is 6.42 Å². The van der Waals surface area contributed by atoms with Crippen LogP contribution < -0.4 is 4.74 Å². The summed E-state index contributed by atoms with van der Waals surface area (Å²) in [6.07, 6.45) is 5.42. The number of halogens is 2. The smallest absolute Gasteiger partial charge is 0.166 e. The third-order valence-electron chi connectivity index (χ3n) is 3.61. The maximum absolute atomic E-state index is 12.5. The molecule has 1 saturated carbocycles. The molecule has 0 aromatic heterocycles. The van der Waals surface area contributed by atoms with Crippen molar-refractivity contribution in [3.05, 3.63) is 27.7 Å². The summed E-state index contributed by atoms with van der Waals surface area (Å²) in [5.41, 5.74) is 0.600. The molecular formula is C16H20Cl2O2. The average Bonchev–Trinajstić information content (AvgIpc) is 2.42. The average molecular weight is 315 g/mol. The quantitative estimate of drug-likeness (QED) is 0.682. The van der Waals surface area contributed by atoms with Gasteiger partial charge in [-0.3, -0.25) is 4.79 Å². The van der Waals surface area contributed by atoms with E-state index in [9.17, 15) is 4.79 Å². The minimum Gasteiger partial charge on any atom is -0.488 e. The van der Waals surface area contributed by atoms with Crippen molar-refractivity contribution in [2.24, 2.45) is 5.92 Å². The Morgan fingerprint density at radius 2 is 1.70 bits per heavy atom. The molecule has 0 atom stereocenters. The highest BCUT2D eigenvalue weighted by Crippen LogP contribution is 2.36. The van der Waals surface area contributed by atoms with E-state index in [2.05, 4.69) is 0 Å². The molecule has 0 bridgehead atoms. The molecule has 1 fully saturated rings. The predicted octanol–water partition coefficient (Wildman–Crippen LogP) is 5.54. The fourth-order valence-electron chi connectivity index (χ4n) is 2.65. The molecule has 110 valence electrons. The molecule has 20 heavy (non-hydrogen) atoms. The number of ketones is 1. The summed E-state index contributed by atoms with van der Waals surface area (Å²) < 4.78 is 5.58. The van der Waals surface area contributed by atoms with Gasteiger partial charge >= 0.3 is 0 Å². The zero-order chi connectivity index (χ0) is 14.7. The van der Waals surface area contributed by atoms with Crippen LogP contribution in [0.15, 0.2) is 12.1 Å². The zero-order valence-electron chi connectivity index (χ0n) is 11.9. The van der Waals surface area contributed by atoms with Crippen LogP contribution in [0.1, 0.15) is 56.3 Å². The van der Waals surface area contributed by atoms with Gasteiger partial charge < -0.3 is 4.74 Å². The number of carbonyl (C=O) groups excluding carboxylic acids is 1. The molecule has 0 aliphatic heterocycles. The summed E-state index contributed by atoms with van der Waals surface area (Å²) in [5.74, 6) is 0.737. The molecule has 0 unspecified atom stereocenters. The Balaban J connectivity index is 2.22. The molecule has 1 aliphatic rings. The molecule has 2 rings (SSSR count). The second kappa shape index (κ2) is 6.82. The lowest BCUT2D eigenvalue weighted by Gasteiger charge is -2.21. The van der Waals surface area contributed by atoms with Gasteiger partial charge in [0.25, 0.3) is 0 Å². The molecule has 0 amide bonds. The Kier molecular flexibility index (Phi) is 5.34. The molecule has 4 heteroatoms. The summed E-state index contributed by atoms with van der Waals surface area (Å²) in [5, 5.41) is 0.815. The Hall–Kier alpha value is -0.730. The lowest BCUT2D eigenvalue weighted by atomic mass is 9.84. The summed E-state index contributed by atoms with van der Waals surface area (Å²) in [6, 6.07) is 3.37. The van der Waals surface area contributed by atoms with Gasteiger partial charge in [0.1, 0.15) is 0 Å². The number of hydrogen-bond donors (Lipinski definition) is 0. The summed E-state index contributed by atoms with van der Waals surface area (Å²) in [4.78, 5) is 12.5. The van der Waals surface area contributed by atoms with Crippen LogP contribution in [0.3, 0.4) is 0 Å². The molecule has 1 aromatic rings. The van der Waals surface area contributed by atoms with Gasteiger partial charge in [0.15, 0.2) is 11.5 Å². The second-order valence-corrected chi connectivity index (χ2v) is 6.45. The van der Waals surface area contributed by atoms with Crippen molar-refractivity contribution in [3.8, 4) is 5.75 Å². The van der Waals surface area contributed by atoms with Gasteiger partial charge in [-0.05, 0) is 38.8 Å². The third-order valence-corrected chi connectivity index (χ3v) is 4.17. The van der Waals surface area contributed by atoms with E-state index in [4.69, 9.17) is 27.9 Å². The van der Waals surface area contributed by atoms with Crippen LogP contribution in [0.25, 0.3) is 0 Å². The maximum Gasteiger partial charge on any atom is 0.166 e. The Morgan fingerprint density at radius 3 is 2.20 bits per heavy atom. The van der Waals surface area contributed by atoms with Crippen LogP contribution in [-0.4, -0.2) is 11.9 Å². The highest BCUT2D eigenvalue weighted by atomic mass is 35.5. The van der Waals surface area contributed by atoms with Gasteiger partial charge in [-0.25, -0.2) is 0 Å². The van der Waals surface area contributed by atoms with Crippen LogP contribution >= 0.6 is 23.2 Å². The first-order chi connectivity index (χ1) is 9.49. The molecule has 0 spiro atoms. The lowest BCUT2D eigenvalue weighted by molar-refractivity contribution is 0.0889. The molecule has 0 N–H and O–H groups in total. The van der Waals surface area contributed by atoms with Crippen molar-refractivity contribution < 1.29 is 9.53 Å². The van der Waals surface area contributed by atoms with Crippen molar-refractivity contribution in [1.29, 1.82) is 0 Å². The molecule has 0 saturated heterocycles. The SMILES string of the molecule is CC(C)Oc1c(Cl)cc(C(=O)C2CCCCC2)cc1Cl. The number of Topliss-reactive ketones (excluding diaryl/α,β-unsaturated/α-hetero) is 1. The van der Waals surface area contributed by atoms with Crippen LogP contribution in [0, 0.1) is 5.92 Å². The van der Waals surface area contributed by atoms with E-state index in [0.29, 0.717) is 21.4 Å². The predicted molar refractivity (Wildman–Crippen MR) is 83.1 cm³/mol. The van der Waals surface area contributed by atoms with E-state index >= 15 is 0 Å². The maximum atomic E-state index is 12.5. The highest BCUT2D eigenvalue weighted by molar-refractivity contribution is 6.37. The summed E-state index contributed by atoms with van der Waals surface area (Å²) >= 11 is 12.4. The number of hydrogen-bond acceptors (Lipinski definition) is 2. The lowest BCUT2D eigenvalue weighted by Crippen LogP contribution is -2.18. The third kappa shape index (κ3) is 3.67. The van der Waals surface area contributed by atoms with Gasteiger partial charge in [-0.15, -0.1) is 0 Å². The zero-order valence-corrected chi connectivity index (χ0v) is 13.4. The second-order valence-electron chi connectivity index (χ2n) is 5.63. The van der Waals surface area contributed by atoms with Crippen molar-refractivity contribution >= 4 is 29.0 Å². The normalized spacial score (nSPS) is 16.4. The van der Waals surface area contributed by atoms with Gasteiger partial charge in [0.2, 0.25) is 0 Å². The van der Waals surface area contributed by atoms with E-state index < -0.39 is 0 Å². The Morgan fingerprint density at radius 1 is 1.15 bits per heavy atom. The van der Waals surface area contributed by atoms with E-state index in [0.717, 1.165) is 25.7 Å². The largest absolute Gasteiger partial charge is 0.488 e. The van der Waals surface area contributed by atoms with Gasteiger partial charge in [-0.2, -0.15) is 0 Å². The highest BCUT2D eigenvalue weighted by Gasteiger charge is 2.24. The summed E-state index contributed by atoms with van der Waals surface area (Å²) in [6.45, 7) is 3.82. The van der Waals surface area contributed by atoms with Gasteiger partial charge in [0, 0.05) is 11.5 Å². The van der Waals surface area contributed by atoms with Crippen molar-refractivity contribution in [2.45, 2.75) is 52.1 Å². The molecule has 1 aromatic carbocycles. The van der Waals surface area contributed by atoms with E-state index in [-0.39, 0.29) is 17.8 Å². The minimum atomic E-state index is -0.00936. The van der Waals surface area contributed by atoms with Crippen molar-refractivity contribution in [2.75, 3.05) is 0 Å². The van der Waals surface area contributed by atoms with E-state index in [1.54, 1.807) is 12.1 Å². The molecular weight excluding hydrogens is 295 g/mol. The summed E-state index contributed by atoms with van der Waals surface area (Å²) in [7, 11) is 0. The first-order valence-electron chi connectivity index (χ1n) is 7.19. The molecule has 0 radical (unpaired) electrons. The molecule has 1 aliphatic carbocycles.